The predicted molar refractivity (Wildman–Crippen MR) is 192 cm³/mol. The number of hydrogen-bond acceptors (Lipinski definition) is 12. The number of rotatable bonds is 7. The van der Waals surface area contributed by atoms with E-state index in [0.29, 0.717) is 58.9 Å². The maximum absolute atomic E-state index is 14.6. The highest BCUT2D eigenvalue weighted by Gasteiger charge is 2.49. The molecule has 8 rings (SSSR count). The number of likely N-dealkylation sites (tertiary alicyclic amines) is 1. The number of aromatic nitrogens is 6. The van der Waals surface area contributed by atoms with E-state index in [-0.39, 0.29) is 18.1 Å². The van der Waals surface area contributed by atoms with Gasteiger partial charge in [-0.05, 0) is 84.4 Å². The third kappa shape index (κ3) is 4.88. The lowest BCUT2D eigenvalue weighted by molar-refractivity contribution is 0.231. The summed E-state index contributed by atoms with van der Waals surface area (Å²) in [5.41, 5.74) is 17.0. The molecule has 0 bridgehead atoms. The second-order valence-electron chi connectivity index (χ2n) is 14.1. The number of aryl methyl sites for hydroxylation is 1. The monoisotopic (exact) mass is 695 g/mol. The van der Waals surface area contributed by atoms with Crippen LogP contribution in [0.15, 0.2) is 29.0 Å². The van der Waals surface area contributed by atoms with Crippen LogP contribution >= 0.6 is 11.3 Å². The van der Waals surface area contributed by atoms with Gasteiger partial charge in [0, 0.05) is 41.3 Å². The fourth-order valence-corrected chi connectivity index (χ4v) is 10.2. The molecule has 5 aromatic heterocycles. The number of likely N-dealkylation sites (N-methyl/N-ethyl adjacent to an activating group) is 1. The van der Waals surface area contributed by atoms with Crippen LogP contribution in [0.1, 0.15) is 97.9 Å². The van der Waals surface area contributed by atoms with Crippen LogP contribution in [0.5, 0.6) is 0 Å². The van der Waals surface area contributed by atoms with Gasteiger partial charge >= 0.3 is 0 Å². The Balaban J connectivity index is 1.31. The zero-order chi connectivity index (χ0) is 34.9. The lowest BCUT2D eigenvalue weighted by atomic mass is 9.63. The van der Waals surface area contributed by atoms with Crippen molar-refractivity contribution in [2.24, 2.45) is 0 Å². The summed E-state index contributed by atoms with van der Waals surface area (Å²) < 4.78 is 22.8. The topological polar surface area (TPSA) is 165 Å². The molecule has 12 nitrogen and oxygen atoms in total. The van der Waals surface area contributed by atoms with Crippen LogP contribution < -0.4 is 16.4 Å². The number of nitrogens with zero attached hydrogens (tertiary/aromatic N) is 9. The Morgan fingerprint density at radius 2 is 2.02 bits per heavy atom. The van der Waals surface area contributed by atoms with Gasteiger partial charge in [0.05, 0.1) is 34.6 Å². The van der Waals surface area contributed by atoms with Gasteiger partial charge < -0.3 is 20.9 Å². The fraction of sp³-hybridized carbons (Fsp3) is 0.500. The first-order valence-electron chi connectivity index (χ1n) is 17.5. The van der Waals surface area contributed by atoms with Crippen LogP contribution in [0, 0.1) is 11.3 Å². The summed E-state index contributed by atoms with van der Waals surface area (Å²) in [5, 5.41) is 21.1. The number of thiophene rings is 1. The Bertz CT molecular complexity index is 2130. The minimum Gasteiger partial charge on any atom is -0.389 e. The molecule has 0 amide bonds. The van der Waals surface area contributed by atoms with Crippen LogP contribution in [0.3, 0.4) is 0 Å². The molecule has 260 valence electrons. The highest BCUT2D eigenvalue weighted by molar-refractivity contribution is 7.16. The van der Waals surface area contributed by atoms with E-state index < -0.39 is 11.6 Å². The maximum Gasteiger partial charge on any atom is 0.186 e. The van der Waals surface area contributed by atoms with Crippen molar-refractivity contribution >= 4 is 39.0 Å². The van der Waals surface area contributed by atoms with Crippen molar-refractivity contribution < 1.29 is 8.91 Å². The molecule has 5 atom stereocenters. The van der Waals surface area contributed by atoms with E-state index in [1.54, 1.807) is 6.20 Å². The lowest BCUT2D eigenvalue weighted by Gasteiger charge is -2.39. The van der Waals surface area contributed by atoms with Crippen molar-refractivity contribution in [2.45, 2.75) is 95.4 Å². The first kappa shape index (κ1) is 32.6. The number of nitriles is 1. The number of halogens is 1. The van der Waals surface area contributed by atoms with Crippen molar-refractivity contribution in [1.29, 1.82) is 5.26 Å². The quantitative estimate of drug-likeness (QED) is 0.201. The maximum atomic E-state index is 14.6. The van der Waals surface area contributed by atoms with Gasteiger partial charge in [-0.15, -0.1) is 11.3 Å². The third-order valence-electron chi connectivity index (χ3n) is 11.4. The number of nitrogen functional groups attached to an aromatic ring is 2. The van der Waals surface area contributed by atoms with Gasteiger partial charge in [0.15, 0.2) is 22.9 Å². The summed E-state index contributed by atoms with van der Waals surface area (Å²) in [4.78, 5) is 20.2. The Kier molecular flexibility index (Phi) is 8.02. The number of anilines is 3. The van der Waals surface area contributed by atoms with Crippen molar-refractivity contribution in [1.82, 2.24) is 34.8 Å². The van der Waals surface area contributed by atoms with E-state index in [9.17, 15) is 9.65 Å². The summed E-state index contributed by atoms with van der Waals surface area (Å²) in [6.07, 6.45) is 8.32. The van der Waals surface area contributed by atoms with Crippen molar-refractivity contribution in [3.8, 4) is 17.6 Å². The molecule has 0 aromatic carbocycles. The number of fused-ring (bicyclic) bond motifs is 5. The van der Waals surface area contributed by atoms with E-state index >= 15 is 0 Å². The summed E-state index contributed by atoms with van der Waals surface area (Å²) in [6.45, 7) is 7.26. The van der Waals surface area contributed by atoms with E-state index in [2.05, 4.69) is 41.6 Å². The summed E-state index contributed by atoms with van der Waals surface area (Å²) in [6, 6.07) is 5.92. The molecule has 2 aliphatic carbocycles. The van der Waals surface area contributed by atoms with Gasteiger partial charge in [-0.25, -0.2) is 24.0 Å². The fourth-order valence-electron chi connectivity index (χ4n) is 9.00. The van der Waals surface area contributed by atoms with E-state index in [1.807, 2.05) is 30.1 Å². The molecule has 1 saturated heterocycles. The number of pyridine rings is 1. The van der Waals surface area contributed by atoms with E-state index in [4.69, 9.17) is 36.2 Å². The van der Waals surface area contributed by atoms with Crippen molar-refractivity contribution in [2.75, 3.05) is 36.5 Å². The van der Waals surface area contributed by atoms with Crippen LogP contribution in [0.25, 0.3) is 22.6 Å². The molecule has 6 heterocycles. The summed E-state index contributed by atoms with van der Waals surface area (Å²) in [5.74, 6) is 2.40. The first-order valence-corrected chi connectivity index (χ1v) is 18.4. The average Bonchev–Trinajstić information content (AvgIpc) is 3.89. The summed E-state index contributed by atoms with van der Waals surface area (Å²) >= 11 is 1.53. The zero-order valence-electron chi connectivity index (χ0n) is 28.9. The molecule has 0 saturated carbocycles. The van der Waals surface area contributed by atoms with Crippen LogP contribution in [0.2, 0.25) is 0 Å². The standard InChI is InChI=1S/C36H42FN11OS/c1-5-47(19(2)22-10-8-14-41-31(22)39)34-25-17-42-48(20(3)26-15-21(37)18-46(26)4)35(25)44-33(43-34)29-23-9-6-12-36(30(23)49-45-29)13-7-11-27-28(36)24(16-38)32(40)50-27/h8,10,14,17,19-21,26H,5-7,9,11-13,15,18,40H2,1-4H3,(H2,39,41)/t19-,20+,21-,26+,36+/m1/s1. The minimum atomic E-state index is -0.884. The molecule has 3 aliphatic rings. The van der Waals surface area contributed by atoms with E-state index in [1.165, 1.54) is 16.2 Å². The second-order valence-corrected chi connectivity index (χ2v) is 15.2. The Hall–Kier alpha value is -4.61. The zero-order valence-corrected chi connectivity index (χ0v) is 29.7. The van der Waals surface area contributed by atoms with Gasteiger partial charge in [0.2, 0.25) is 0 Å². The molecule has 14 heteroatoms. The summed E-state index contributed by atoms with van der Waals surface area (Å²) in [7, 11) is 1.96. The van der Waals surface area contributed by atoms with Gasteiger partial charge in [0.1, 0.15) is 28.9 Å². The van der Waals surface area contributed by atoms with Crippen LogP contribution in [-0.4, -0.2) is 67.1 Å². The van der Waals surface area contributed by atoms with Gasteiger partial charge in [-0.2, -0.15) is 10.4 Å². The van der Waals surface area contributed by atoms with Gasteiger partial charge in [-0.1, -0.05) is 11.2 Å². The number of hydrogen-bond donors (Lipinski definition) is 2. The van der Waals surface area contributed by atoms with Crippen molar-refractivity contribution in [3.63, 3.8) is 0 Å². The minimum absolute atomic E-state index is 0.0427. The Morgan fingerprint density at radius 3 is 2.74 bits per heavy atom. The highest BCUT2D eigenvalue weighted by Crippen LogP contribution is 2.55. The molecule has 50 heavy (non-hydrogen) atoms. The molecule has 0 unspecified atom stereocenters. The molecular weight excluding hydrogens is 654 g/mol. The molecule has 1 fully saturated rings. The molecule has 1 spiro atoms. The molecule has 5 aromatic rings. The van der Waals surface area contributed by atoms with Crippen LogP contribution in [-0.2, 0) is 18.3 Å². The molecule has 1 aliphatic heterocycles. The van der Waals surface area contributed by atoms with Gasteiger partial charge in [-0.3, -0.25) is 4.90 Å². The van der Waals surface area contributed by atoms with Crippen molar-refractivity contribution in [3.05, 3.63) is 57.4 Å². The largest absolute Gasteiger partial charge is 0.389 e. The predicted octanol–water partition coefficient (Wildman–Crippen LogP) is 6.12. The van der Waals surface area contributed by atoms with E-state index in [0.717, 1.165) is 66.4 Å². The Morgan fingerprint density at radius 1 is 1.22 bits per heavy atom. The number of alkyl halides is 1. The second kappa shape index (κ2) is 12.3. The van der Waals surface area contributed by atoms with Crippen LogP contribution in [0.4, 0.5) is 21.0 Å². The lowest BCUT2D eigenvalue weighted by Crippen LogP contribution is -2.35. The third-order valence-corrected chi connectivity index (χ3v) is 12.5. The number of nitrogens with two attached hydrogens (primary N) is 2. The SMILES string of the molecule is CCN(c1nc(-c2noc3c2CCC[C@@]32CCCc3sc(N)c(C#N)c32)nc2c1cnn2[C@@H](C)[C@@H]1C[C@@H](F)CN1C)[C@H](C)c1cccnc1N. The molecule has 0 radical (unpaired) electrons. The average molecular weight is 696 g/mol. The molecule has 4 N–H and O–H groups in total. The molecular formula is C36H42FN11OS. The van der Waals surface area contributed by atoms with Gasteiger partial charge in [0.25, 0.3) is 0 Å². The smallest absolute Gasteiger partial charge is 0.186 e. The highest BCUT2D eigenvalue weighted by atomic mass is 32.1. The normalized spacial score (nSPS) is 23.1. The first-order chi connectivity index (χ1) is 24.2. The Labute approximate surface area is 294 Å².